The average molecular weight is 389 g/mol. The molecule has 0 bridgehead atoms. The summed E-state index contributed by atoms with van der Waals surface area (Å²) in [7, 11) is 0. The van der Waals surface area contributed by atoms with Crippen molar-refractivity contribution < 1.29 is 4.79 Å². The van der Waals surface area contributed by atoms with Crippen LogP contribution < -0.4 is 0 Å². The van der Waals surface area contributed by atoms with Crippen molar-refractivity contribution in [3.63, 3.8) is 0 Å². The number of amides is 1. The van der Waals surface area contributed by atoms with E-state index in [2.05, 4.69) is 50.1 Å². The van der Waals surface area contributed by atoms with E-state index in [0.29, 0.717) is 6.42 Å². The number of benzene rings is 1. The summed E-state index contributed by atoms with van der Waals surface area (Å²) in [6.07, 6.45) is 9.02. The van der Waals surface area contributed by atoms with E-state index in [9.17, 15) is 4.79 Å². The summed E-state index contributed by atoms with van der Waals surface area (Å²) in [5.41, 5.74) is 4.71. The molecule has 1 atom stereocenters. The third-order valence-corrected chi connectivity index (χ3v) is 6.45. The second kappa shape index (κ2) is 7.99. The van der Waals surface area contributed by atoms with Crippen molar-refractivity contribution in [2.24, 2.45) is 0 Å². The van der Waals surface area contributed by atoms with Gasteiger partial charge < -0.3 is 14.8 Å². The molecule has 0 spiro atoms. The van der Waals surface area contributed by atoms with E-state index < -0.39 is 0 Å². The Hall–Kier alpha value is -2.66. The first-order valence-corrected chi connectivity index (χ1v) is 10.8. The molecule has 2 aromatic heterocycles. The molecule has 2 aliphatic rings. The zero-order valence-electron chi connectivity index (χ0n) is 16.8. The third kappa shape index (κ3) is 3.55. The van der Waals surface area contributed by atoms with E-state index in [1.165, 1.54) is 30.2 Å². The van der Waals surface area contributed by atoms with Crippen LogP contribution in [0.3, 0.4) is 0 Å². The number of hydrogen-bond acceptors (Lipinski definition) is 3. The number of piperidine rings is 1. The monoisotopic (exact) mass is 388 g/mol. The molecule has 1 amide bonds. The summed E-state index contributed by atoms with van der Waals surface area (Å²) in [6.45, 7) is 3.89. The van der Waals surface area contributed by atoms with Crippen molar-refractivity contribution in [1.82, 2.24) is 19.8 Å². The summed E-state index contributed by atoms with van der Waals surface area (Å²) in [4.78, 5) is 25.8. The van der Waals surface area contributed by atoms with Crippen LogP contribution in [0.1, 0.15) is 48.5 Å². The minimum Gasteiger partial charge on any atom is -0.356 e. The number of fused-ring (bicyclic) bond motifs is 3. The molecule has 1 aromatic carbocycles. The van der Waals surface area contributed by atoms with Crippen LogP contribution in [0.5, 0.6) is 0 Å². The van der Waals surface area contributed by atoms with Crippen molar-refractivity contribution in [3.05, 3.63) is 65.6 Å². The van der Waals surface area contributed by atoms with Crippen LogP contribution >= 0.6 is 0 Å². The van der Waals surface area contributed by atoms with Gasteiger partial charge in [-0.05, 0) is 55.6 Å². The van der Waals surface area contributed by atoms with E-state index in [4.69, 9.17) is 0 Å². The standard InChI is InChI=1S/C24H28N4O/c29-22(11-15-27-13-4-1-5-14-27)28-16-10-20-19-8-2-3-9-21(19)26-23(20)24(28)18-7-6-12-25-17-18/h2-3,6-9,12,17,24,26H,1,4-5,10-11,13-16H2/t24-/m0/s1. The maximum absolute atomic E-state index is 13.3. The number of hydrogen-bond donors (Lipinski definition) is 1. The van der Waals surface area contributed by atoms with Gasteiger partial charge in [0.1, 0.15) is 0 Å². The van der Waals surface area contributed by atoms with E-state index in [1.807, 2.05) is 12.3 Å². The van der Waals surface area contributed by atoms with Gasteiger partial charge in [-0.25, -0.2) is 0 Å². The first-order chi connectivity index (χ1) is 14.3. The van der Waals surface area contributed by atoms with Crippen LogP contribution in [0.4, 0.5) is 0 Å². The number of likely N-dealkylation sites (tertiary alicyclic amines) is 1. The Morgan fingerprint density at radius 3 is 2.76 bits per heavy atom. The summed E-state index contributed by atoms with van der Waals surface area (Å²) in [5.74, 6) is 0.244. The average Bonchev–Trinajstić information content (AvgIpc) is 3.17. The molecule has 29 heavy (non-hydrogen) atoms. The summed E-state index contributed by atoms with van der Waals surface area (Å²) in [5, 5.41) is 1.27. The maximum atomic E-state index is 13.3. The largest absolute Gasteiger partial charge is 0.356 e. The number of aromatic nitrogens is 2. The summed E-state index contributed by atoms with van der Waals surface area (Å²) >= 11 is 0. The normalized spacial score (nSPS) is 20.0. The fourth-order valence-corrected chi connectivity index (χ4v) is 4.97. The van der Waals surface area contributed by atoms with Crippen molar-refractivity contribution >= 4 is 16.8 Å². The van der Waals surface area contributed by atoms with Gasteiger partial charge >= 0.3 is 0 Å². The molecule has 4 heterocycles. The Morgan fingerprint density at radius 1 is 1.07 bits per heavy atom. The van der Waals surface area contributed by atoms with Gasteiger partial charge in [0.2, 0.25) is 5.91 Å². The number of H-pyrrole nitrogens is 1. The molecule has 5 rings (SSSR count). The number of carbonyl (C=O) groups excluding carboxylic acids is 1. The quantitative estimate of drug-likeness (QED) is 0.737. The number of nitrogens with one attached hydrogen (secondary N) is 1. The molecule has 1 fully saturated rings. The number of carbonyl (C=O) groups is 1. The summed E-state index contributed by atoms with van der Waals surface area (Å²) in [6, 6.07) is 12.4. The number of pyridine rings is 1. The highest BCUT2D eigenvalue weighted by Crippen LogP contribution is 2.38. The number of nitrogens with zero attached hydrogens (tertiary/aromatic N) is 3. The minimum atomic E-state index is -0.0892. The molecule has 0 radical (unpaired) electrons. The molecule has 0 aliphatic carbocycles. The van der Waals surface area contributed by atoms with E-state index >= 15 is 0 Å². The highest BCUT2D eigenvalue weighted by atomic mass is 16.2. The van der Waals surface area contributed by atoms with Crippen molar-refractivity contribution in [1.29, 1.82) is 0 Å². The second-order valence-corrected chi connectivity index (χ2v) is 8.24. The van der Waals surface area contributed by atoms with Crippen molar-refractivity contribution in [2.45, 2.75) is 38.1 Å². The van der Waals surface area contributed by atoms with Crippen LogP contribution in [0, 0.1) is 0 Å². The van der Waals surface area contributed by atoms with Crippen LogP contribution in [-0.4, -0.2) is 51.9 Å². The Bertz CT molecular complexity index is 991. The smallest absolute Gasteiger partial charge is 0.224 e. The van der Waals surface area contributed by atoms with Gasteiger partial charge in [-0.1, -0.05) is 30.7 Å². The summed E-state index contributed by atoms with van der Waals surface area (Å²) < 4.78 is 0. The van der Waals surface area contributed by atoms with Crippen LogP contribution in [0.15, 0.2) is 48.8 Å². The van der Waals surface area contributed by atoms with Crippen LogP contribution in [0.25, 0.3) is 10.9 Å². The van der Waals surface area contributed by atoms with E-state index in [-0.39, 0.29) is 11.9 Å². The Morgan fingerprint density at radius 2 is 1.93 bits per heavy atom. The van der Waals surface area contributed by atoms with Crippen molar-refractivity contribution in [2.75, 3.05) is 26.2 Å². The van der Waals surface area contributed by atoms with Crippen molar-refractivity contribution in [3.8, 4) is 0 Å². The lowest BCUT2D eigenvalue weighted by atomic mass is 9.93. The fraction of sp³-hybridized carbons (Fsp3) is 0.417. The minimum absolute atomic E-state index is 0.0892. The van der Waals surface area contributed by atoms with Crippen LogP contribution in [0.2, 0.25) is 0 Å². The van der Waals surface area contributed by atoms with E-state index in [0.717, 1.165) is 49.4 Å². The zero-order chi connectivity index (χ0) is 19.6. The molecular weight excluding hydrogens is 360 g/mol. The highest BCUT2D eigenvalue weighted by molar-refractivity contribution is 5.86. The highest BCUT2D eigenvalue weighted by Gasteiger charge is 2.34. The van der Waals surface area contributed by atoms with Gasteiger partial charge in [0.25, 0.3) is 0 Å². The van der Waals surface area contributed by atoms with Gasteiger partial charge in [0.15, 0.2) is 0 Å². The number of aromatic amines is 1. The number of rotatable bonds is 4. The van der Waals surface area contributed by atoms with E-state index in [1.54, 1.807) is 6.20 Å². The van der Waals surface area contributed by atoms with Gasteiger partial charge in [-0.2, -0.15) is 0 Å². The predicted molar refractivity (Wildman–Crippen MR) is 115 cm³/mol. The first kappa shape index (κ1) is 18.4. The molecule has 1 saturated heterocycles. The Kier molecular flexibility index (Phi) is 5.06. The SMILES string of the molecule is O=C(CCN1CCCCC1)N1CCc2c([nH]c3ccccc23)[C@@H]1c1cccnc1. The van der Waals surface area contributed by atoms with Gasteiger partial charge in [0, 0.05) is 48.5 Å². The lowest BCUT2D eigenvalue weighted by Crippen LogP contribution is -2.42. The maximum Gasteiger partial charge on any atom is 0.224 e. The Balaban J connectivity index is 1.45. The number of para-hydroxylation sites is 1. The zero-order valence-corrected chi connectivity index (χ0v) is 16.8. The third-order valence-electron chi connectivity index (χ3n) is 6.45. The lowest BCUT2D eigenvalue weighted by Gasteiger charge is -2.37. The molecule has 2 aliphatic heterocycles. The van der Waals surface area contributed by atoms with Gasteiger partial charge in [0.05, 0.1) is 6.04 Å². The molecule has 0 unspecified atom stereocenters. The Labute approximate surface area is 171 Å². The van der Waals surface area contributed by atoms with Crippen LogP contribution in [-0.2, 0) is 11.2 Å². The molecule has 5 nitrogen and oxygen atoms in total. The molecule has 1 N–H and O–H groups in total. The first-order valence-electron chi connectivity index (χ1n) is 10.8. The fourth-order valence-electron chi connectivity index (χ4n) is 4.97. The second-order valence-electron chi connectivity index (χ2n) is 8.24. The lowest BCUT2D eigenvalue weighted by molar-refractivity contribution is -0.133. The predicted octanol–water partition coefficient (Wildman–Crippen LogP) is 3.91. The molecular formula is C24H28N4O. The molecule has 150 valence electrons. The van der Waals surface area contributed by atoms with Gasteiger partial charge in [-0.3, -0.25) is 9.78 Å². The molecule has 3 aromatic rings. The molecule has 0 saturated carbocycles. The molecule has 5 heteroatoms. The topological polar surface area (TPSA) is 52.2 Å². The van der Waals surface area contributed by atoms with Gasteiger partial charge in [-0.15, -0.1) is 0 Å².